The number of thiophene rings is 1. The van der Waals surface area contributed by atoms with E-state index in [0.29, 0.717) is 10.8 Å². The topological polar surface area (TPSA) is 75.5 Å². The first-order valence-electron chi connectivity index (χ1n) is 8.31. The highest BCUT2D eigenvalue weighted by Gasteiger charge is 2.63. The van der Waals surface area contributed by atoms with Crippen LogP contribution in [0.2, 0.25) is 0 Å². The van der Waals surface area contributed by atoms with Crippen LogP contribution >= 0.6 is 11.3 Å². The average Bonchev–Trinajstić information content (AvgIpc) is 2.96. The second-order valence-electron chi connectivity index (χ2n) is 7.14. The Bertz CT molecular complexity index is 873. The van der Waals surface area contributed by atoms with Gasteiger partial charge in [0.05, 0.1) is 15.8 Å². The zero-order chi connectivity index (χ0) is 16.5. The number of carbonyl (C=O) groups excluding carboxylic acids is 1. The van der Waals surface area contributed by atoms with E-state index in [0.717, 1.165) is 16.6 Å². The lowest BCUT2D eigenvalue weighted by Gasteiger charge is -2.33. The van der Waals surface area contributed by atoms with Gasteiger partial charge in [0, 0.05) is 28.9 Å². The first-order valence-corrected chi connectivity index (χ1v) is 9.12. The van der Waals surface area contributed by atoms with Crippen LogP contribution in [0, 0.1) is 16.0 Å². The van der Waals surface area contributed by atoms with Crippen molar-refractivity contribution in [2.45, 2.75) is 30.8 Å². The van der Waals surface area contributed by atoms with Gasteiger partial charge in [-0.1, -0.05) is 0 Å². The van der Waals surface area contributed by atoms with Crippen molar-refractivity contribution in [1.82, 2.24) is 10.2 Å². The van der Waals surface area contributed by atoms with Crippen molar-refractivity contribution in [3.8, 4) is 0 Å². The molecule has 2 aromatic rings. The first kappa shape index (κ1) is 14.4. The van der Waals surface area contributed by atoms with Crippen LogP contribution < -0.4 is 5.32 Å². The molecule has 1 N–H and O–H groups in total. The minimum absolute atomic E-state index is 0.0381. The third-order valence-electron chi connectivity index (χ3n) is 5.89. The molecule has 6 nitrogen and oxygen atoms in total. The number of nitrogens with one attached hydrogen (secondary N) is 1. The van der Waals surface area contributed by atoms with Gasteiger partial charge in [-0.2, -0.15) is 0 Å². The molecule has 0 radical (unpaired) electrons. The number of fused-ring (bicyclic) bond motifs is 4. The monoisotopic (exact) mass is 343 g/mol. The van der Waals surface area contributed by atoms with Gasteiger partial charge in [-0.05, 0) is 49.2 Å². The molecule has 2 bridgehead atoms. The van der Waals surface area contributed by atoms with Crippen molar-refractivity contribution in [3.05, 3.63) is 39.3 Å². The molecule has 3 atom stereocenters. The molecule has 3 heterocycles. The molecule has 24 heavy (non-hydrogen) atoms. The number of rotatable bonds is 3. The van der Waals surface area contributed by atoms with Crippen LogP contribution in [-0.4, -0.2) is 40.4 Å². The number of carbonyl (C=O) groups is 1. The summed E-state index contributed by atoms with van der Waals surface area (Å²) in [7, 11) is 0. The Kier molecular flexibility index (Phi) is 2.85. The summed E-state index contributed by atoms with van der Waals surface area (Å²) in [4.78, 5) is 26.4. The van der Waals surface area contributed by atoms with Crippen LogP contribution in [0.4, 0.5) is 5.69 Å². The Morgan fingerprint density at radius 1 is 1.38 bits per heavy atom. The molecule has 3 fully saturated rings. The lowest BCUT2D eigenvalue weighted by Crippen LogP contribution is -2.51. The van der Waals surface area contributed by atoms with E-state index in [1.807, 2.05) is 6.07 Å². The lowest BCUT2D eigenvalue weighted by molar-refractivity contribution is -0.384. The normalized spacial score (nSPS) is 29.2. The van der Waals surface area contributed by atoms with Crippen LogP contribution in [0.1, 0.15) is 28.9 Å². The molecule has 7 heteroatoms. The summed E-state index contributed by atoms with van der Waals surface area (Å²) >= 11 is 1.33. The third kappa shape index (κ3) is 1.94. The van der Waals surface area contributed by atoms with Gasteiger partial charge in [0.2, 0.25) is 0 Å². The number of nitro benzene ring substituents is 1. The number of hydrogen-bond donors (Lipinski definition) is 1. The van der Waals surface area contributed by atoms with Gasteiger partial charge in [-0.3, -0.25) is 19.8 Å². The molecule has 3 unspecified atom stereocenters. The second kappa shape index (κ2) is 4.77. The molecule has 2 aliphatic heterocycles. The molecule has 1 spiro atoms. The van der Waals surface area contributed by atoms with Gasteiger partial charge in [0.1, 0.15) is 0 Å². The summed E-state index contributed by atoms with van der Waals surface area (Å²) < 4.78 is 0.784. The van der Waals surface area contributed by atoms with E-state index in [4.69, 9.17) is 0 Å². The Balaban J connectivity index is 1.41. The first-order chi connectivity index (χ1) is 11.6. The van der Waals surface area contributed by atoms with Crippen LogP contribution in [0.3, 0.4) is 0 Å². The van der Waals surface area contributed by atoms with E-state index in [2.05, 4.69) is 10.2 Å². The largest absolute Gasteiger partial charge is 0.346 e. The summed E-state index contributed by atoms with van der Waals surface area (Å²) in [6, 6.07) is 6.85. The third-order valence-corrected chi connectivity index (χ3v) is 6.99. The number of piperidine rings is 1. The fraction of sp³-hybridized carbons (Fsp3) is 0.471. The molecular weight excluding hydrogens is 326 g/mol. The van der Waals surface area contributed by atoms with Gasteiger partial charge in [-0.25, -0.2) is 0 Å². The van der Waals surface area contributed by atoms with Crippen molar-refractivity contribution in [2.75, 3.05) is 13.1 Å². The predicted octanol–water partition coefficient (Wildman–Crippen LogP) is 2.78. The average molecular weight is 343 g/mol. The minimum atomic E-state index is -0.403. The highest BCUT2D eigenvalue weighted by molar-refractivity contribution is 7.20. The highest BCUT2D eigenvalue weighted by Crippen LogP contribution is 2.55. The smallest absolute Gasteiger partial charge is 0.270 e. The van der Waals surface area contributed by atoms with E-state index >= 15 is 0 Å². The predicted molar refractivity (Wildman–Crippen MR) is 91.4 cm³/mol. The standard InChI is InChI=1S/C17H17N3O3S/c21-16(18-15-11-3-6-19(9-11)17(15)4-5-17)14-7-10-1-2-12(20(22)23)8-13(10)24-14/h1-2,7-8,11,15H,3-6,9H2,(H,18,21). The van der Waals surface area contributed by atoms with Crippen LogP contribution in [0.15, 0.2) is 24.3 Å². The van der Waals surface area contributed by atoms with Gasteiger partial charge < -0.3 is 5.32 Å². The van der Waals surface area contributed by atoms with Gasteiger partial charge in [-0.15, -0.1) is 11.3 Å². The minimum Gasteiger partial charge on any atom is -0.346 e. The van der Waals surface area contributed by atoms with Crippen LogP contribution in [0.5, 0.6) is 0 Å². The summed E-state index contributed by atoms with van der Waals surface area (Å²) in [5.41, 5.74) is 0.294. The van der Waals surface area contributed by atoms with Gasteiger partial charge in [0.25, 0.3) is 11.6 Å². The quantitative estimate of drug-likeness (QED) is 0.687. The SMILES string of the molecule is O=C(NC1C2CCN(C2)C12CC2)c1cc2ccc([N+](=O)[O-])cc2s1. The lowest BCUT2D eigenvalue weighted by atomic mass is 9.92. The second-order valence-corrected chi connectivity index (χ2v) is 8.22. The Morgan fingerprint density at radius 2 is 2.21 bits per heavy atom. The van der Waals surface area contributed by atoms with Gasteiger partial charge in [0.15, 0.2) is 0 Å². The van der Waals surface area contributed by atoms with Crippen molar-refractivity contribution >= 4 is 33.0 Å². The Labute approximate surface area is 142 Å². The molecule has 1 aromatic carbocycles. The summed E-state index contributed by atoms with van der Waals surface area (Å²) in [6.07, 6.45) is 3.55. The van der Waals surface area contributed by atoms with Crippen molar-refractivity contribution in [1.29, 1.82) is 0 Å². The van der Waals surface area contributed by atoms with Crippen LogP contribution in [0.25, 0.3) is 10.1 Å². The number of hydrogen-bond acceptors (Lipinski definition) is 5. The molecule has 1 aromatic heterocycles. The molecule has 3 aliphatic rings. The molecule has 5 rings (SSSR count). The number of non-ortho nitro benzene ring substituents is 1. The molecular formula is C17H17N3O3S. The maximum absolute atomic E-state index is 12.7. The summed E-state index contributed by atoms with van der Waals surface area (Å²) in [6.45, 7) is 2.28. The van der Waals surface area contributed by atoms with Crippen molar-refractivity contribution < 1.29 is 9.72 Å². The van der Waals surface area contributed by atoms with Gasteiger partial charge >= 0.3 is 0 Å². The van der Waals surface area contributed by atoms with Crippen LogP contribution in [-0.2, 0) is 0 Å². The highest BCUT2D eigenvalue weighted by atomic mass is 32.1. The van der Waals surface area contributed by atoms with E-state index in [-0.39, 0.29) is 23.2 Å². The Hall–Kier alpha value is -1.99. The molecule has 1 aliphatic carbocycles. The number of nitro groups is 1. The molecule has 1 saturated carbocycles. The summed E-state index contributed by atoms with van der Waals surface area (Å²) in [5, 5.41) is 15.1. The summed E-state index contributed by atoms with van der Waals surface area (Å²) in [5.74, 6) is 0.538. The van der Waals surface area contributed by atoms with Crippen molar-refractivity contribution in [2.24, 2.45) is 5.92 Å². The van der Waals surface area contributed by atoms with E-state index in [1.165, 1.54) is 43.2 Å². The fourth-order valence-corrected chi connectivity index (χ4v) is 5.56. The Morgan fingerprint density at radius 3 is 2.96 bits per heavy atom. The molecule has 2 saturated heterocycles. The van der Waals surface area contributed by atoms with E-state index < -0.39 is 4.92 Å². The number of benzene rings is 1. The van der Waals surface area contributed by atoms with E-state index in [9.17, 15) is 14.9 Å². The molecule has 1 amide bonds. The zero-order valence-electron chi connectivity index (χ0n) is 13.0. The maximum atomic E-state index is 12.7. The number of amides is 1. The maximum Gasteiger partial charge on any atom is 0.270 e. The van der Waals surface area contributed by atoms with E-state index in [1.54, 1.807) is 12.1 Å². The zero-order valence-corrected chi connectivity index (χ0v) is 13.8. The molecule has 124 valence electrons. The number of nitrogens with zero attached hydrogens (tertiary/aromatic N) is 2. The van der Waals surface area contributed by atoms with Crippen molar-refractivity contribution in [3.63, 3.8) is 0 Å². The fourth-order valence-electron chi connectivity index (χ4n) is 4.56.